The van der Waals surface area contributed by atoms with E-state index in [0.717, 1.165) is 16.4 Å². The third-order valence-electron chi connectivity index (χ3n) is 2.33. The molecule has 2 aromatic rings. The number of rotatable bonds is 3. The number of hydrazine groups is 1. The average Bonchev–Trinajstić information content (AvgIpc) is 2.30. The van der Waals surface area contributed by atoms with Crippen molar-refractivity contribution in [1.82, 2.24) is 0 Å². The molecule has 2 rings (SSSR count). The summed E-state index contributed by atoms with van der Waals surface area (Å²) in [7, 11) is 0. The molecule has 0 aliphatic rings. The van der Waals surface area contributed by atoms with Gasteiger partial charge in [0.25, 0.3) is 0 Å². The molecule has 82 valence electrons. The molecule has 2 aromatic carbocycles. The summed E-state index contributed by atoms with van der Waals surface area (Å²) in [6.45, 7) is 2.06. The Bertz CT molecular complexity index is 466. The predicted octanol–water partition coefficient (Wildman–Crippen LogP) is 4.09. The maximum Gasteiger partial charge on any atom is 0.0569 e. The zero-order valence-electron chi connectivity index (χ0n) is 9.00. The molecule has 0 fully saturated rings. The molecule has 2 N–H and O–H groups in total. The highest BCUT2D eigenvalue weighted by Crippen LogP contribution is 2.16. The Balaban J connectivity index is 2.02. The molecule has 0 saturated heterocycles. The van der Waals surface area contributed by atoms with E-state index in [1.54, 1.807) is 0 Å². The number of para-hydroxylation sites is 1. The first-order valence-electron chi connectivity index (χ1n) is 5.09. The summed E-state index contributed by atoms with van der Waals surface area (Å²) in [5.74, 6) is 0. The third kappa shape index (κ3) is 2.67. The first-order valence-corrected chi connectivity index (χ1v) is 5.47. The minimum atomic E-state index is 0.737. The summed E-state index contributed by atoms with van der Waals surface area (Å²) < 4.78 is 0. The Morgan fingerprint density at radius 2 is 1.56 bits per heavy atom. The lowest BCUT2D eigenvalue weighted by Crippen LogP contribution is -2.09. The first kappa shape index (κ1) is 10.8. The second-order valence-corrected chi connectivity index (χ2v) is 4.01. The van der Waals surface area contributed by atoms with Crippen molar-refractivity contribution < 1.29 is 0 Å². The van der Waals surface area contributed by atoms with Crippen LogP contribution < -0.4 is 10.9 Å². The molecular weight excluding hydrogens is 220 g/mol. The summed E-state index contributed by atoms with van der Waals surface area (Å²) in [5.41, 5.74) is 9.52. The Morgan fingerprint density at radius 3 is 2.25 bits per heavy atom. The number of benzene rings is 2. The van der Waals surface area contributed by atoms with Gasteiger partial charge in [-0.05, 0) is 42.8 Å². The number of nitrogens with one attached hydrogen (secondary N) is 2. The molecule has 3 heteroatoms. The molecule has 0 radical (unpaired) electrons. The summed E-state index contributed by atoms with van der Waals surface area (Å²) in [6.07, 6.45) is 0. The molecule has 0 bridgehead atoms. The number of hydrogen-bond acceptors (Lipinski definition) is 2. The Labute approximate surface area is 100 Å². The van der Waals surface area contributed by atoms with Gasteiger partial charge >= 0.3 is 0 Å². The van der Waals surface area contributed by atoms with Crippen LogP contribution in [0.5, 0.6) is 0 Å². The molecule has 0 saturated carbocycles. The largest absolute Gasteiger partial charge is 0.301 e. The number of hydrogen-bond donors (Lipinski definition) is 2. The Kier molecular flexibility index (Phi) is 3.32. The molecule has 0 unspecified atom stereocenters. The molecular formula is C13H13ClN2. The van der Waals surface area contributed by atoms with Crippen LogP contribution in [0.2, 0.25) is 5.02 Å². The lowest BCUT2D eigenvalue weighted by atomic mass is 10.2. The fourth-order valence-electron chi connectivity index (χ4n) is 1.39. The number of aryl methyl sites for hydroxylation is 1. The molecule has 16 heavy (non-hydrogen) atoms. The van der Waals surface area contributed by atoms with E-state index >= 15 is 0 Å². The lowest BCUT2D eigenvalue weighted by Gasteiger charge is -2.11. The fourth-order valence-corrected chi connectivity index (χ4v) is 1.51. The van der Waals surface area contributed by atoms with Crippen molar-refractivity contribution in [2.75, 3.05) is 10.9 Å². The van der Waals surface area contributed by atoms with Gasteiger partial charge in [-0.2, -0.15) is 0 Å². The highest BCUT2D eigenvalue weighted by molar-refractivity contribution is 6.30. The van der Waals surface area contributed by atoms with Gasteiger partial charge in [-0.1, -0.05) is 29.8 Å². The molecule has 0 aliphatic carbocycles. The standard InChI is InChI=1S/C13H13ClN2/c1-10-4-2-3-5-13(10)16-15-12-8-6-11(14)7-9-12/h2-9,15-16H,1H3. The van der Waals surface area contributed by atoms with Crippen molar-refractivity contribution >= 4 is 23.0 Å². The number of halogens is 1. The monoisotopic (exact) mass is 232 g/mol. The summed E-state index contributed by atoms with van der Waals surface area (Å²) in [4.78, 5) is 0. The van der Waals surface area contributed by atoms with Gasteiger partial charge < -0.3 is 10.9 Å². The fraction of sp³-hybridized carbons (Fsp3) is 0.0769. The van der Waals surface area contributed by atoms with Crippen LogP contribution in [0, 0.1) is 6.92 Å². The van der Waals surface area contributed by atoms with Gasteiger partial charge in [0.2, 0.25) is 0 Å². The highest BCUT2D eigenvalue weighted by Gasteiger charge is 1.95. The second-order valence-electron chi connectivity index (χ2n) is 3.57. The van der Waals surface area contributed by atoms with Crippen molar-refractivity contribution in [3.63, 3.8) is 0 Å². The van der Waals surface area contributed by atoms with E-state index in [2.05, 4.69) is 23.8 Å². The average molecular weight is 233 g/mol. The Morgan fingerprint density at radius 1 is 0.875 bits per heavy atom. The minimum absolute atomic E-state index is 0.737. The van der Waals surface area contributed by atoms with Crippen molar-refractivity contribution in [2.45, 2.75) is 6.92 Å². The van der Waals surface area contributed by atoms with Gasteiger partial charge in [-0.25, -0.2) is 0 Å². The first-order chi connectivity index (χ1) is 7.75. The molecule has 0 spiro atoms. The maximum absolute atomic E-state index is 5.81. The smallest absolute Gasteiger partial charge is 0.0569 e. The van der Waals surface area contributed by atoms with Crippen LogP contribution in [0.3, 0.4) is 0 Å². The van der Waals surface area contributed by atoms with Crippen LogP contribution in [0.15, 0.2) is 48.5 Å². The summed E-state index contributed by atoms with van der Waals surface area (Å²) >= 11 is 5.81. The van der Waals surface area contributed by atoms with E-state index in [0.29, 0.717) is 0 Å². The van der Waals surface area contributed by atoms with Crippen molar-refractivity contribution in [2.24, 2.45) is 0 Å². The Hall–Kier alpha value is -1.67. The van der Waals surface area contributed by atoms with E-state index < -0.39 is 0 Å². The molecule has 0 amide bonds. The number of anilines is 2. The quantitative estimate of drug-likeness (QED) is 0.779. The normalized spacial score (nSPS) is 9.88. The van der Waals surface area contributed by atoms with Gasteiger partial charge in [-0.15, -0.1) is 0 Å². The maximum atomic E-state index is 5.81. The van der Waals surface area contributed by atoms with Gasteiger partial charge in [0.05, 0.1) is 11.4 Å². The highest BCUT2D eigenvalue weighted by atomic mass is 35.5. The topological polar surface area (TPSA) is 24.1 Å². The summed E-state index contributed by atoms with van der Waals surface area (Å²) in [5, 5.41) is 0.737. The van der Waals surface area contributed by atoms with Crippen LogP contribution >= 0.6 is 11.6 Å². The lowest BCUT2D eigenvalue weighted by molar-refractivity contribution is 1.36. The van der Waals surface area contributed by atoms with Crippen LogP contribution in [0.25, 0.3) is 0 Å². The van der Waals surface area contributed by atoms with E-state index in [1.807, 2.05) is 42.5 Å². The zero-order chi connectivity index (χ0) is 11.4. The van der Waals surface area contributed by atoms with E-state index in [4.69, 9.17) is 11.6 Å². The minimum Gasteiger partial charge on any atom is -0.301 e. The SMILES string of the molecule is Cc1ccccc1NNc1ccc(Cl)cc1. The van der Waals surface area contributed by atoms with Crippen LogP contribution in [0.1, 0.15) is 5.56 Å². The molecule has 0 atom stereocenters. The third-order valence-corrected chi connectivity index (χ3v) is 2.58. The molecule has 0 aromatic heterocycles. The van der Waals surface area contributed by atoms with E-state index in [9.17, 15) is 0 Å². The molecule has 0 heterocycles. The van der Waals surface area contributed by atoms with Gasteiger partial charge in [0.1, 0.15) is 0 Å². The summed E-state index contributed by atoms with van der Waals surface area (Å²) in [6, 6.07) is 15.7. The predicted molar refractivity (Wildman–Crippen MR) is 69.9 cm³/mol. The van der Waals surface area contributed by atoms with Crippen molar-refractivity contribution in [3.05, 3.63) is 59.1 Å². The van der Waals surface area contributed by atoms with E-state index in [1.165, 1.54) is 5.56 Å². The van der Waals surface area contributed by atoms with Crippen molar-refractivity contribution in [3.8, 4) is 0 Å². The van der Waals surface area contributed by atoms with Crippen LogP contribution in [-0.4, -0.2) is 0 Å². The van der Waals surface area contributed by atoms with Gasteiger partial charge in [0.15, 0.2) is 0 Å². The van der Waals surface area contributed by atoms with Crippen LogP contribution in [-0.2, 0) is 0 Å². The van der Waals surface area contributed by atoms with Crippen LogP contribution in [0.4, 0.5) is 11.4 Å². The zero-order valence-corrected chi connectivity index (χ0v) is 9.75. The molecule has 0 aliphatic heterocycles. The van der Waals surface area contributed by atoms with Crippen molar-refractivity contribution in [1.29, 1.82) is 0 Å². The van der Waals surface area contributed by atoms with Gasteiger partial charge in [-0.3, -0.25) is 0 Å². The van der Waals surface area contributed by atoms with E-state index in [-0.39, 0.29) is 0 Å². The van der Waals surface area contributed by atoms with Gasteiger partial charge in [0, 0.05) is 5.02 Å². The second kappa shape index (κ2) is 4.90. The molecule has 2 nitrogen and oxygen atoms in total.